The molecule has 0 spiro atoms. The molecule has 94 valence electrons. The molecule has 1 rings (SSSR count). The Balaban J connectivity index is 2.94. The zero-order chi connectivity index (χ0) is 13.0. The molecule has 1 amide bonds. The second-order valence-electron chi connectivity index (χ2n) is 4.43. The summed E-state index contributed by atoms with van der Waals surface area (Å²) in [5.74, 6) is 0.436. The molecule has 0 aromatic heterocycles. The first-order chi connectivity index (χ1) is 7.95. The third kappa shape index (κ3) is 3.93. The van der Waals surface area contributed by atoms with Crippen LogP contribution in [0.25, 0.3) is 0 Å². The number of carbonyl (C=O) groups is 1. The zero-order valence-electron chi connectivity index (χ0n) is 10.7. The van der Waals surface area contributed by atoms with Crippen molar-refractivity contribution >= 4 is 29.3 Å². The Bertz CT molecular complexity index is 406. The maximum absolute atomic E-state index is 12.2. The molecule has 0 heterocycles. The van der Waals surface area contributed by atoms with E-state index in [0.29, 0.717) is 16.5 Å². The summed E-state index contributed by atoms with van der Waals surface area (Å²) in [7, 11) is 1.81. The van der Waals surface area contributed by atoms with Gasteiger partial charge >= 0.3 is 0 Å². The second-order valence-corrected chi connectivity index (χ2v) is 5.71. The molecule has 0 unspecified atom stereocenters. The second kappa shape index (κ2) is 6.31. The van der Waals surface area contributed by atoms with Gasteiger partial charge in [0.25, 0.3) is 5.91 Å². The Morgan fingerprint density at radius 1 is 1.47 bits per heavy atom. The summed E-state index contributed by atoms with van der Waals surface area (Å²) in [5.41, 5.74) is 0.585. The molecule has 1 aromatic rings. The van der Waals surface area contributed by atoms with Gasteiger partial charge in [-0.25, -0.2) is 0 Å². The third-order valence-electron chi connectivity index (χ3n) is 2.39. The molecule has 0 fully saturated rings. The third-order valence-corrected chi connectivity index (χ3v) is 3.44. The van der Waals surface area contributed by atoms with Gasteiger partial charge in [0.05, 0.1) is 10.6 Å². The van der Waals surface area contributed by atoms with E-state index < -0.39 is 0 Å². The van der Waals surface area contributed by atoms with E-state index in [2.05, 4.69) is 13.8 Å². The van der Waals surface area contributed by atoms with Crippen LogP contribution in [0, 0.1) is 5.92 Å². The molecule has 0 aliphatic rings. The highest BCUT2D eigenvalue weighted by Crippen LogP contribution is 2.24. The number of carbonyl (C=O) groups excluding carboxylic acids is 1. The van der Waals surface area contributed by atoms with Gasteiger partial charge < -0.3 is 4.90 Å². The van der Waals surface area contributed by atoms with Crippen molar-refractivity contribution in [2.24, 2.45) is 5.92 Å². The minimum atomic E-state index is -0.0143. The number of nitrogens with zero attached hydrogens (tertiary/aromatic N) is 1. The summed E-state index contributed by atoms with van der Waals surface area (Å²) in [6.45, 7) is 4.91. The normalized spacial score (nSPS) is 10.7. The van der Waals surface area contributed by atoms with E-state index in [1.807, 2.05) is 25.4 Å². The van der Waals surface area contributed by atoms with Gasteiger partial charge in [-0.1, -0.05) is 25.4 Å². The standard InChI is InChI=1S/C13H18ClNOS/c1-9(2)8-15(3)13(16)11-7-10(17-4)5-6-12(11)14/h5-7,9H,8H2,1-4H3. The maximum Gasteiger partial charge on any atom is 0.255 e. The average molecular weight is 272 g/mol. The number of benzene rings is 1. The SMILES string of the molecule is CSc1ccc(Cl)c(C(=O)N(C)CC(C)C)c1. The van der Waals surface area contributed by atoms with E-state index in [1.165, 1.54) is 0 Å². The molecular weight excluding hydrogens is 254 g/mol. The van der Waals surface area contributed by atoms with Gasteiger partial charge in [-0.15, -0.1) is 11.8 Å². The Morgan fingerprint density at radius 2 is 2.12 bits per heavy atom. The number of halogens is 1. The lowest BCUT2D eigenvalue weighted by atomic mass is 10.1. The van der Waals surface area contributed by atoms with Crippen LogP contribution in [-0.2, 0) is 0 Å². The van der Waals surface area contributed by atoms with E-state index in [1.54, 1.807) is 22.7 Å². The molecule has 0 aliphatic heterocycles. The largest absolute Gasteiger partial charge is 0.341 e. The molecule has 0 aliphatic carbocycles. The lowest BCUT2D eigenvalue weighted by Crippen LogP contribution is -2.30. The molecule has 0 saturated carbocycles. The zero-order valence-corrected chi connectivity index (χ0v) is 12.2. The van der Waals surface area contributed by atoms with Crippen LogP contribution in [0.5, 0.6) is 0 Å². The first-order valence-electron chi connectivity index (χ1n) is 5.54. The Morgan fingerprint density at radius 3 is 2.65 bits per heavy atom. The Kier molecular flexibility index (Phi) is 5.34. The predicted molar refractivity (Wildman–Crippen MR) is 75.0 cm³/mol. The van der Waals surface area contributed by atoms with Crippen LogP contribution in [-0.4, -0.2) is 30.7 Å². The molecule has 2 nitrogen and oxygen atoms in total. The van der Waals surface area contributed by atoms with E-state index in [0.717, 1.165) is 11.4 Å². The molecule has 0 saturated heterocycles. The highest BCUT2D eigenvalue weighted by molar-refractivity contribution is 7.98. The molecule has 0 atom stereocenters. The number of amides is 1. The molecule has 4 heteroatoms. The number of rotatable bonds is 4. The van der Waals surface area contributed by atoms with Gasteiger partial charge in [0.15, 0.2) is 0 Å². The fraction of sp³-hybridized carbons (Fsp3) is 0.462. The fourth-order valence-electron chi connectivity index (χ4n) is 1.63. The Hall–Kier alpha value is -0.670. The van der Waals surface area contributed by atoms with Gasteiger partial charge in [-0.05, 0) is 30.4 Å². The lowest BCUT2D eigenvalue weighted by Gasteiger charge is -2.20. The average Bonchev–Trinajstić information content (AvgIpc) is 2.28. The van der Waals surface area contributed by atoms with E-state index in [4.69, 9.17) is 11.6 Å². The van der Waals surface area contributed by atoms with Gasteiger partial charge in [0.2, 0.25) is 0 Å². The first-order valence-corrected chi connectivity index (χ1v) is 7.15. The summed E-state index contributed by atoms with van der Waals surface area (Å²) in [6, 6.07) is 5.56. The summed E-state index contributed by atoms with van der Waals surface area (Å²) >= 11 is 7.68. The van der Waals surface area contributed by atoms with Crippen molar-refractivity contribution in [3.05, 3.63) is 28.8 Å². The van der Waals surface area contributed by atoms with E-state index in [-0.39, 0.29) is 5.91 Å². The van der Waals surface area contributed by atoms with Crippen molar-refractivity contribution in [2.75, 3.05) is 19.8 Å². The highest BCUT2D eigenvalue weighted by atomic mass is 35.5. The van der Waals surface area contributed by atoms with Gasteiger partial charge in [-0.3, -0.25) is 4.79 Å². The van der Waals surface area contributed by atoms with Crippen molar-refractivity contribution < 1.29 is 4.79 Å². The smallest absolute Gasteiger partial charge is 0.255 e. The first kappa shape index (κ1) is 14.4. The Labute approximate surface area is 112 Å². The minimum absolute atomic E-state index is 0.0143. The summed E-state index contributed by atoms with van der Waals surface area (Å²) in [4.78, 5) is 15.0. The van der Waals surface area contributed by atoms with Gasteiger partial charge in [-0.2, -0.15) is 0 Å². The minimum Gasteiger partial charge on any atom is -0.341 e. The summed E-state index contributed by atoms with van der Waals surface area (Å²) < 4.78 is 0. The molecule has 0 radical (unpaired) electrons. The van der Waals surface area contributed by atoms with Crippen LogP contribution < -0.4 is 0 Å². The van der Waals surface area contributed by atoms with E-state index in [9.17, 15) is 4.79 Å². The monoisotopic (exact) mass is 271 g/mol. The highest BCUT2D eigenvalue weighted by Gasteiger charge is 2.16. The quantitative estimate of drug-likeness (QED) is 0.777. The number of hydrogen-bond acceptors (Lipinski definition) is 2. The van der Waals surface area contributed by atoms with Crippen LogP contribution in [0.2, 0.25) is 5.02 Å². The topological polar surface area (TPSA) is 20.3 Å². The van der Waals surface area contributed by atoms with E-state index >= 15 is 0 Å². The lowest BCUT2D eigenvalue weighted by molar-refractivity contribution is 0.0779. The van der Waals surface area contributed by atoms with Crippen molar-refractivity contribution in [3.63, 3.8) is 0 Å². The maximum atomic E-state index is 12.2. The van der Waals surface area contributed by atoms with Crippen molar-refractivity contribution in [1.29, 1.82) is 0 Å². The summed E-state index contributed by atoms with van der Waals surface area (Å²) in [6.07, 6.45) is 1.98. The van der Waals surface area contributed by atoms with Gasteiger partial charge in [0, 0.05) is 18.5 Å². The van der Waals surface area contributed by atoms with Crippen LogP contribution in [0.3, 0.4) is 0 Å². The van der Waals surface area contributed by atoms with Crippen molar-refractivity contribution in [1.82, 2.24) is 4.90 Å². The molecule has 17 heavy (non-hydrogen) atoms. The van der Waals surface area contributed by atoms with Crippen molar-refractivity contribution in [2.45, 2.75) is 18.7 Å². The van der Waals surface area contributed by atoms with Gasteiger partial charge in [0.1, 0.15) is 0 Å². The number of hydrogen-bond donors (Lipinski definition) is 0. The predicted octanol–water partition coefficient (Wildman–Crippen LogP) is 3.79. The molecular formula is C13H18ClNOS. The van der Waals surface area contributed by atoms with Crippen LogP contribution >= 0.6 is 23.4 Å². The molecule has 0 N–H and O–H groups in total. The van der Waals surface area contributed by atoms with Crippen molar-refractivity contribution in [3.8, 4) is 0 Å². The number of thioether (sulfide) groups is 1. The fourth-order valence-corrected chi connectivity index (χ4v) is 2.27. The summed E-state index contributed by atoms with van der Waals surface area (Å²) in [5, 5.41) is 0.517. The molecule has 1 aromatic carbocycles. The van der Waals surface area contributed by atoms with Crippen LogP contribution in [0.1, 0.15) is 24.2 Å². The van der Waals surface area contributed by atoms with Crippen LogP contribution in [0.15, 0.2) is 23.1 Å². The molecule has 0 bridgehead atoms. The van der Waals surface area contributed by atoms with Crippen LogP contribution in [0.4, 0.5) is 0 Å².